The third-order valence-corrected chi connectivity index (χ3v) is 4.68. The van der Waals surface area contributed by atoms with Crippen LogP contribution in [0.2, 0.25) is 0 Å². The molecule has 23 heavy (non-hydrogen) atoms. The summed E-state index contributed by atoms with van der Waals surface area (Å²) in [5.74, 6) is 6.10. The minimum atomic E-state index is -0.791. The predicted octanol–water partition coefficient (Wildman–Crippen LogP) is 3.95. The first kappa shape index (κ1) is 15.4. The van der Waals surface area contributed by atoms with Crippen LogP contribution in [0.3, 0.4) is 0 Å². The lowest BCUT2D eigenvalue weighted by Gasteiger charge is -2.22. The van der Waals surface area contributed by atoms with Crippen molar-refractivity contribution in [3.8, 4) is 11.8 Å². The van der Waals surface area contributed by atoms with Gasteiger partial charge in [0.2, 0.25) is 0 Å². The van der Waals surface area contributed by atoms with Crippen LogP contribution in [-0.2, 0) is 14.9 Å². The van der Waals surface area contributed by atoms with Crippen molar-refractivity contribution in [1.29, 1.82) is 0 Å². The van der Waals surface area contributed by atoms with Crippen LogP contribution in [-0.4, -0.2) is 13.1 Å². The molecule has 2 nitrogen and oxygen atoms in total. The molecule has 1 aliphatic rings. The van der Waals surface area contributed by atoms with Crippen LogP contribution in [0.15, 0.2) is 60.7 Å². The largest absolute Gasteiger partial charge is 0.468 e. The van der Waals surface area contributed by atoms with E-state index < -0.39 is 10.8 Å². The molecular weight excluding hydrogens is 284 g/mol. The van der Waals surface area contributed by atoms with Crippen molar-refractivity contribution >= 4 is 5.97 Å². The Bertz CT molecular complexity index is 713. The number of hydrogen-bond donors (Lipinski definition) is 0. The van der Waals surface area contributed by atoms with E-state index in [2.05, 4.69) is 36.1 Å². The van der Waals surface area contributed by atoms with E-state index >= 15 is 0 Å². The number of carbonyl (C=O) groups excluding carboxylic acids is 1. The van der Waals surface area contributed by atoms with Crippen LogP contribution >= 0.6 is 0 Å². The van der Waals surface area contributed by atoms with Crippen molar-refractivity contribution in [2.75, 3.05) is 7.11 Å². The molecule has 0 saturated heterocycles. The van der Waals surface area contributed by atoms with Gasteiger partial charge in [-0.3, -0.25) is 4.79 Å². The molecular formula is C21H20O2. The van der Waals surface area contributed by atoms with Gasteiger partial charge in [0.05, 0.1) is 7.11 Å². The van der Waals surface area contributed by atoms with Gasteiger partial charge in [0.15, 0.2) is 0 Å². The molecule has 0 heterocycles. The normalized spacial score (nSPS) is 21.0. The lowest BCUT2D eigenvalue weighted by molar-refractivity contribution is -0.145. The monoisotopic (exact) mass is 304 g/mol. The second-order valence-electron chi connectivity index (χ2n) is 5.87. The first-order valence-electron chi connectivity index (χ1n) is 7.91. The van der Waals surface area contributed by atoms with E-state index in [1.165, 1.54) is 7.11 Å². The topological polar surface area (TPSA) is 26.3 Å². The summed E-state index contributed by atoms with van der Waals surface area (Å²) < 4.78 is 5.13. The van der Waals surface area contributed by atoms with Gasteiger partial charge >= 0.3 is 5.97 Å². The average molecular weight is 304 g/mol. The summed E-state index contributed by atoms with van der Waals surface area (Å²) in [7, 11) is 1.44. The number of rotatable bonds is 3. The highest BCUT2D eigenvalue weighted by Gasteiger charge is 2.74. The van der Waals surface area contributed by atoms with Gasteiger partial charge in [-0.1, -0.05) is 73.5 Å². The summed E-state index contributed by atoms with van der Waals surface area (Å²) in [5, 5.41) is 0. The first-order valence-corrected chi connectivity index (χ1v) is 7.91. The second-order valence-corrected chi connectivity index (χ2v) is 5.87. The zero-order valence-corrected chi connectivity index (χ0v) is 13.5. The van der Waals surface area contributed by atoms with Crippen LogP contribution in [0.25, 0.3) is 0 Å². The highest BCUT2D eigenvalue weighted by Crippen LogP contribution is 2.68. The lowest BCUT2D eigenvalue weighted by atomic mass is 9.80. The Kier molecular flexibility index (Phi) is 3.96. The molecule has 116 valence electrons. The van der Waals surface area contributed by atoms with Gasteiger partial charge in [-0.15, -0.1) is 5.92 Å². The summed E-state index contributed by atoms with van der Waals surface area (Å²) >= 11 is 0. The molecule has 0 aliphatic heterocycles. The number of methoxy groups -OCH3 is 1. The summed E-state index contributed by atoms with van der Waals surface area (Å²) in [6.07, 6.45) is 1.38. The molecule has 0 amide bonds. The lowest BCUT2D eigenvalue weighted by Crippen LogP contribution is -2.28. The van der Waals surface area contributed by atoms with Crippen molar-refractivity contribution in [3.05, 3.63) is 71.8 Å². The fourth-order valence-corrected chi connectivity index (χ4v) is 3.52. The molecule has 1 fully saturated rings. The third kappa shape index (κ3) is 2.24. The summed E-state index contributed by atoms with van der Waals surface area (Å²) in [5.41, 5.74) is 1.01. The van der Waals surface area contributed by atoms with Crippen LogP contribution in [0, 0.1) is 17.3 Å². The maximum Gasteiger partial charge on any atom is 0.325 e. The van der Waals surface area contributed by atoms with Crippen molar-refractivity contribution in [2.24, 2.45) is 5.41 Å². The molecule has 3 rings (SSSR count). The van der Waals surface area contributed by atoms with E-state index in [-0.39, 0.29) is 5.97 Å². The zero-order valence-electron chi connectivity index (χ0n) is 13.5. The molecule has 2 aromatic rings. The Labute approximate surface area is 137 Å². The van der Waals surface area contributed by atoms with Gasteiger partial charge < -0.3 is 4.74 Å². The van der Waals surface area contributed by atoms with E-state index in [9.17, 15) is 4.79 Å². The van der Waals surface area contributed by atoms with Crippen molar-refractivity contribution in [3.63, 3.8) is 0 Å². The molecule has 0 N–H and O–H groups in total. The van der Waals surface area contributed by atoms with Crippen LogP contribution < -0.4 is 0 Å². The number of hydrogen-bond acceptors (Lipinski definition) is 2. The van der Waals surface area contributed by atoms with Gasteiger partial charge in [-0.05, 0) is 17.5 Å². The molecule has 2 aromatic carbocycles. The Morgan fingerprint density at radius 2 is 1.57 bits per heavy atom. The number of benzene rings is 2. The molecule has 0 aromatic heterocycles. The van der Waals surface area contributed by atoms with E-state index in [4.69, 9.17) is 4.74 Å². The van der Waals surface area contributed by atoms with Gasteiger partial charge in [0, 0.05) is 11.8 Å². The molecule has 2 heteroatoms. The maximum atomic E-state index is 12.6. The van der Waals surface area contributed by atoms with Crippen molar-refractivity contribution < 1.29 is 9.53 Å². The van der Waals surface area contributed by atoms with E-state index in [0.717, 1.165) is 17.5 Å². The Morgan fingerprint density at radius 3 is 2.00 bits per heavy atom. The Morgan fingerprint density at radius 1 is 1.04 bits per heavy atom. The fourth-order valence-electron chi connectivity index (χ4n) is 3.52. The van der Waals surface area contributed by atoms with Crippen LogP contribution in [0.4, 0.5) is 0 Å². The molecule has 0 unspecified atom stereocenters. The smallest absolute Gasteiger partial charge is 0.325 e. The fraction of sp³-hybridized carbons (Fsp3) is 0.286. The van der Waals surface area contributed by atoms with Gasteiger partial charge in [-0.2, -0.15) is 0 Å². The molecule has 1 atom stereocenters. The second kappa shape index (κ2) is 5.93. The highest BCUT2D eigenvalue weighted by molar-refractivity contribution is 5.90. The Hall–Kier alpha value is -2.53. The van der Waals surface area contributed by atoms with Gasteiger partial charge in [0.1, 0.15) is 5.41 Å². The Balaban J connectivity index is 2.22. The van der Waals surface area contributed by atoms with Crippen LogP contribution in [0.1, 0.15) is 30.9 Å². The van der Waals surface area contributed by atoms with E-state index in [0.29, 0.717) is 6.42 Å². The molecule has 0 radical (unpaired) electrons. The maximum absolute atomic E-state index is 12.6. The van der Waals surface area contributed by atoms with Crippen molar-refractivity contribution in [1.82, 2.24) is 0 Å². The van der Waals surface area contributed by atoms with Crippen LogP contribution in [0.5, 0.6) is 0 Å². The third-order valence-electron chi connectivity index (χ3n) is 4.68. The SMILES string of the molecule is CCC#C[C@@]1(C(=O)OC)CC1(c1ccccc1)c1ccccc1. The summed E-state index contributed by atoms with van der Waals surface area (Å²) in [6, 6.07) is 20.3. The van der Waals surface area contributed by atoms with Gasteiger partial charge in [-0.25, -0.2) is 0 Å². The zero-order chi connectivity index (χ0) is 16.3. The van der Waals surface area contributed by atoms with E-state index in [1.54, 1.807) is 0 Å². The quantitative estimate of drug-likeness (QED) is 0.634. The number of esters is 1. The number of ether oxygens (including phenoxy) is 1. The minimum Gasteiger partial charge on any atom is -0.468 e. The first-order chi connectivity index (χ1) is 11.2. The molecule has 1 aliphatic carbocycles. The molecule has 1 saturated carbocycles. The van der Waals surface area contributed by atoms with E-state index in [1.807, 2.05) is 43.3 Å². The highest BCUT2D eigenvalue weighted by atomic mass is 16.5. The standard InChI is InChI=1S/C21H20O2/c1-3-4-15-20(19(22)23-2)16-21(20,17-11-7-5-8-12-17)18-13-9-6-10-14-18/h5-14H,3,16H2,1-2H3/t20-/m0/s1. The predicted molar refractivity (Wildman–Crippen MR) is 90.8 cm³/mol. The van der Waals surface area contributed by atoms with Crippen molar-refractivity contribution in [2.45, 2.75) is 25.2 Å². The van der Waals surface area contributed by atoms with Gasteiger partial charge in [0.25, 0.3) is 0 Å². The molecule has 0 spiro atoms. The average Bonchev–Trinajstić information content (AvgIpc) is 3.32. The number of carbonyl (C=O) groups is 1. The minimum absolute atomic E-state index is 0.244. The summed E-state index contributed by atoms with van der Waals surface area (Å²) in [6.45, 7) is 1.99. The molecule has 0 bridgehead atoms. The summed E-state index contributed by atoms with van der Waals surface area (Å²) in [4.78, 5) is 12.6.